The maximum absolute atomic E-state index is 12.3. The van der Waals surface area contributed by atoms with Gasteiger partial charge in [0, 0.05) is 5.56 Å². The third kappa shape index (κ3) is 2.55. The lowest BCUT2D eigenvalue weighted by Crippen LogP contribution is -2.30. The largest absolute Gasteiger partial charge is 0.471 e. The number of nitrogen functional groups attached to an aromatic ring is 1. The molecule has 0 spiro atoms. The number of aromatic nitrogens is 2. The van der Waals surface area contributed by atoms with Gasteiger partial charge in [0.1, 0.15) is 0 Å². The molecule has 2 rings (SSSR count). The number of nitrogens with zero attached hydrogens (tertiary/aromatic N) is 2. The number of hydrogen-bond acceptors (Lipinski definition) is 5. The van der Waals surface area contributed by atoms with E-state index in [4.69, 9.17) is 5.84 Å². The number of carbonyl (C=O) groups excluding carboxylic acids is 1. The first-order valence-electron chi connectivity index (χ1n) is 4.94. The van der Waals surface area contributed by atoms with Crippen LogP contribution in [0.25, 0.3) is 11.4 Å². The molecule has 0 aliphatic heterocycles. The molecular formula is C10H7F3N4O2. The molecule has 9 heteroatoms. The van der Waals surface area contributed by atoms with E-state index >= 15 is 0 Å². The minimum absolute atomic E-state index is 0.0412. The number of benzene rings is 1. The molecule has 1 aromatic carbocycles. The molecule has 1 heterocycles. The molecule has 0 saturated carbocycles. The fourth-order valence-electron chi connectivity index (χ4n) is 1.40. The van der Waals surface area contributed by atoms with E-state index in [1.165, 1.54) is 24.3 Å². The van der Waals surface area contributed by atoms with Gasteiger partial charge in [-0.05, 0) is 6.07 Å². The molecule has 0 fully saturated rings. The fraction of sp³-hybridized carbons (Fsp3) is 0.100. The smallest absolute Gasteiger partial charge is 0.329 e. The van der Waals surface area contributed by atoms with E-state index in [0.717, 1.165) is 0 Å². The fourth-order valence-corrected chi connectivity index (χ4v) is 1.40. The van der Waals surface area contributed by atoms with Crippen molar-refractivity contribution in [3.8, 4) is 11.4 Å². The van der Waals surface area contributed by atoms with Crippen LogP contribution >= 0.6 is 0 Å². The number of carbonyl (C=O) groups is 1. The molecule has 0 radical (unpaired) electrons. The molecule has 6 nitrogen and oxygen atoms in total. The monoisotopic (exact) mass is 272 g/mol. The van der Waals surface area contributed by atoms with Gasteiger partial charge in [0.25, 0.3) is 5.91 Å². The predicted octanol–water partition coefficient (Wildman–Crippen LogP) is 1.36. The summed E-state index contributed by atoms with van der Waals surface area (Å²) in [4.78, 5) is 14.7. The van der Waals surface area contributed by atoms with Gasteiger partial charge in [-0.1, -0.05) is 23.4 Å². The van der Waals surface area contributed by atoms with E-state index in [2.05, 4.69) is 14.7 Å². The second kappa shape index (κ2) is 4.69. The maximum Gasteiger partial charge on any atom is 0.471 e. The Kier molecular flexibility index (Phi) is 3.21. The zero-order valence-electron chi connectivity index (χ0n) is 9.23. The van der Waals surface area contributed by atoms with Crippen LogP contribution in [-0.4, -0.2) is 16.0 Å². The zero-order chi connectivity index (χ0) is 14.0. The number of hydrogen-bond donors (Lipinski definition) is 2. The van der Waals surface area contributed by atoms with Crippen LogP contribution in [0.3, 0.4) is 0 Å². The highest BCUT2D eigenvalue weighted by Crippen LogP contribution is 2.30. The minimum Gasteiger partial charge on any atom is -0.329 e. The minimum atomic E-state index is -4.74. The molecule has 0 saturated heterocycles. The summed E-state index contributed by atoms with van der Waals surface area (Å²) in [5.74, 6) is 2.49. The predicted molar refractivity (Wildman–Crippen MR) is 56.4 cm³/mol. The van der Waals surface area contributed by atoms with Crippen molar-refractivity contribution in [2.45, 2.75) is 6.18 Å². The van der Waals surface area contributed by atoms with Crippen molar-refractivity contribution in [3.05, 3.63) is 35.7 Å². The molecule has 0 aliphatic carbocycles. The Bertz CT molecular complexity index is 609. The van der Waals surface area contributed by atoms with E-state index in [-0.39, 0.29) is 17.0 Å². The van der Waals surface area contributed by atoms with Gasteiger partial charge >= 0.3 is 12.1 Å². The first kappa shape index (κ1) is 13.0. The van der Waals surface area contributed by atoms with Crippen LogP contribution in [0.4, 0.5) is 13.2 Å². The highest BCUT2D eigenvalue weighted by atomic mass is 19.4. The second-order valence-electron chi connectivity index (χ2n) is 3.44. The van der Waals surface area contributed by atoms with E-state index in [9.17, 15) is 18.0 Å². The van der Waals surface area contributed by atoms with Gasteiger partial charge in [-0.3, -0.25) is 10.2 Å². The quantitative estimate of drug-likeness (QED) is 0.489. The normalized spacial score (nSPS) is 11.4. The van der Waals surface area contributed by atoms with Crippen LogP contribution in [0.15, 0.2) is 28.8 Å². The lowest BCUT2D eigenvalue weighted by Gasteiger charge is -2.03. The summed E-state index contributed by atoms with van der Waals surface area (Å²) in [6.07, 6.45) is -4.74. The van der Waals surface area contributed by atoms with Crippen LogP contribution < -0.4 is 11.3 Å². The molecule has 1 aromatic heterocycles. The maximum atomic E-state index is 12.3. The molecule has 19 heavy (non-hydrogen) atoms. The average molecular weight is 272 g/mol. The number of nitrogens with one attached hydrogen (secondary N) is 1. The lowest BCUT2D eigenvalue weighted by molar-refractivity contribution is -0.159. The van der Waals surface area contributed by atoms with Crippen molar-refractivity contribution in [1.29, 1.82) is 0 Å². The van der Waals surface area contributed by atoms with E-state index in [1.807, 2.05) is 5.43 Å². The van der Waals surface area contributed by atoms with Crippen molar-refractivity contribution in [1.82, 2.24) is 15.6 Å². The molecule has 1 amide bonds. The van der Waals surface area contributed by atoms with Gasteiger partial charge in [0.05, 0.1) is 5.56 Å². The lowest BCUT2D eigenvalue weighted by atomic mass is 10.1. The topological polar surface area (TPSA) is 94.0 Å². The Hall–Kier alpha value is -2.42. The standard InChI is InChI=1S/C10H7F3N4O2/c11-10(12,13)9-15-7(17-19-9)5-3-1-2-4-6(5)8(18)16-14/h1-4H,14H2,(H,16,18). The molecule has 0 atom stereocenters. The Labute approximate surface area is 104 Å². The summed E-state index contributed by atoms with van der Waals surface area (Å²) in [6, 6.07) is 5.81. The average Bonchev–Trinajstić information content (AvgIpc) is 2.87. The number of hydrazine groups is 1. The number of alkyl halides is 3. The van der Waals surface area contributed by atoms with Crippen LogP contribution in [0, 0.1) is 0 Å². The van der Waals surface area contributed by atoms with Crippen LogP contribution in [0.5, 0.6) is 0 Å². The molecule has 100 valence electrons. The number of rotatable bonds is 2. The Balaban J connectivity index is 2.48. The van der Waals surface area contributed by atoms with E-state index < -0.39 is 18.0 Å². The summed E-state index contributed by atoms with van der Waals surface area (Å²) in [6.45, 7) is 0. The van der Waals surface area contributed by atoms with Gasteiger partial charge in [0.2, 0.25) is 5.82 Å². The zero-order valence-corrected chi connectivity index (χ0v) is 9.23. The van der Waals surface area contributed by atoms with Gasteiger partial charge in [-0.15, -0.1) is 0 Å². The summed E-state index contributed by atoms with van der Waals surface area (Å²) in [7, 11) is 0. The van der Waals surface area contributed by atoms with Gasteiger partial charge in [0.15, 0.2) is 0 Å². The Morgan fingerprint density at radius 1 is 1.32 bits per heavy atom. The third-order valence-corrected chi connectivity index (χ3v) is 2.21. The van der Waals surface area contributed by atoms with E-state index in [0.29, 0.717) is 0 Å². The highest BCUT2D eigenvalue weighted by molar-refractivity contribution is 5.99. The summed E-state index contributed by atoms with van der Waals surface area (Å²) in [5, 5.41) is 3.20. The Morgan fingerprint density at radius 3 is 2.58 bits per heavy atom. The van der Waals surface area contributed by atoms with Gasteiger partial charge in [-0.2, -0.15) is 18.2 Å². The van der Waals surface area contributed by atoms with Crippen LogP contribution in [-0.2, 0) is 6.18 Å². The number of nitrogens with two attached hydrogens (primary N) is 1. The molecule has 0 unspecified atom stereocenters. The van der Waals surface area contributed by atoms with Gasteiger partial charge in [-0.25, -0.2) is 5.84 Å². The molecule has 0 aliphatic rings. The number of halogens is 3. The van der Waals surface area contributed by atoms with Crippen molar-refractivity contribution in [3.63, 3.8) is 0 Å². The SMILES string of the molecule is NNC(=O)c1ccccc1-c1noc(C(F)(F)F)n1. The van der Waals surface area contributed by atoms with Crippen LogP contribution in [0.1, 0.15) is 16.2 Å². The number of amides is 1. The third-order valence-electron chi connectivity index (χ3n) is 2.21. The molecule has 0 bridgehead atoms. The van der Waals surface area contributed by atoms with Crippen molar-refractivity contribution in [2.24, 2.45) is 5.84 Å². The summed E-state index contributed by atoms with van der Waals surface area (Å²) < 4.78 is 41.1. The van der Waals surface area contributed by atoms with Crippen molar-refractivity contribution < 1.29 is 22.5 Å². The highest BCUT2D eigenvalue weighted by Gasteiger charge is 2.38. The molecule has 2 aromatic rings. The molecule has 3 N–H and O–H groups in total. The van der Waals surface area contributed by atoms with Gasteiger partial charge < -0.3 is 4.52 Å². The summed E-state index contributed by atoms with van der Waals surface area (Å²) >= 11 is 0. The van der Waals surface area contributed by atoms with Crippen molar-refractivity contribution in [2.75, 3.05) is 0 Å². The molecular weight excluding hydrogens is 265 g/mol. The second-order valence-corrected chi connectivity index (χ2v) is 3.44. The van der Waals surface area contributed by atoms with E-state index in [1.54, 1.807) is 0 Å². The van der Waals surface area contributed by atoms with Crippen molar-refractivity contribution >= 4 is 5.91 Å². The van der Waals surface area contributed by atoms with Crippen LogP contribution in [0.2, 0.25) is 0 Å². The summed E-state index contributed by atoms with van der Waals surface area (Å²) in [5.41, 5.74) is 2.01. The Morgan fingerprint density at radius 2 is 2.00 bits per heavy atom. The first-order valence-corrected chi connectivity index (χ1v) is 4.94. The first-order chi connectivity index (χ1) is 8.93.